The lowest BCUT2D eigenvalue weighted by molar-refractivity contribution is 0.511. The van der Waals surface area contributed by atoms with Crippen LogP contribution in [0.5, 0.6) is 0 Å². The average molecular weight is 511 g/mol. The molecule has 0 radical (unpaired) electrons. The van der Waals surface area contributed by atoms with Crippen molar-refractivity contribution in [2.75, 3.05) is 25.9 Å². The SMILES string of the molecule is CCc1nncn1CCNC(=NCc1ccco1)NCCNS(C)(=O)=O.I. The van der Waals surface area contributed by atoms with Crippen molar-refractivity contribution in [2.45, 2.75) is 26.4 Å². The number of nitrogens with one attached hydrogen (secondary N) is 3. The van der Waals surface area contributed by atoms with Gasteiger partial charge >= 0.3 is 0 Å². The first-order chi connectivity index (χ1) is 12.5. The van der Waals surface area contributed by atoms with Crippen molar-refractivity contribution >= 4 is 40.0 Å². The summed E-state index contributed by atoms with van der Waals surface area (Å²) in [5.41, 5.74) is 0. The molecule has 0 aromatic carbocycles. The van der Waals surface area contributed by atoms with Gasteiger partial charge in [0.05, 0.1) is 12.5 Å². The second-order valence-electron chi connectivity index (χ2n) is 5.56. The van der Waals surface area contributed by atoms with Crippen LogP contribution in [-0.2, 0) is 29.5 Å². The van der Waals surface area contributed by atoms with Gasteiger partial charge in [-0.25, -0.2) is 18.1 Å². The summed E-state index contributed by atoms with van der Waals surface area (Å²) in [7, 11) is -3.21. The average Bonchev–Trinajstić information content (AvgIpc) is 3.26. The van der Waals surface area contributed by atoms with Crippen LogP contribution in [0.25, 0.3) is 0 Å². The second-order valence-corrected chi connectivity index (χ2v) is 7.39. The summed E-state index contributed by atoms with van der Waals surface area (Å²) in [4.78, 5) is 4.44. The molecule has 0 saturated heterocycles. The van der Waals surface area contributed by atoms with Crippen LogP contribution in [0, 0.1) is 0 Å². The Balaban J connectivity index is 0.00000364. The van der Waals surface area contributed by atoms with Gasteiger partial charge in [-0.2, -0.15) is 0 Å². The molecule has 0 spiro atoms. The van der Waals surface area contributed by atoms with Gasteiger partial charge in [-0.3, -0.25) is 0 Å². The van der Waals surface area contributed by atoms with Gasteiger partial charge in [0.15, 0.2) is 5.96 Å². The van der Waals surface area contributed by atoms with E-state index >= 15 is 0 Å². The fourth-order valence-corrected chi connectivity index (χ4v) is 2.66. The topological polar surface area (TPSA) is 126 Å². The summed E-state index contributed by atoms with van der Waals surface area (Å²) in [6, 6.07) is 3.65. The molecular weight excluding hydrogens is 485 g/mol. The van der Waals surface area contributed by atoms with Gasteiger partial charge in [0, 0.05) is 32.6 Å². The molecule has 0 bridgehead atoms. The molecule has 27 heavy (non-hydrogen) atoms. The van der Waals surface area contributed by atoms with Gasteiger partial charge in [-0.1, -0.05) is 6.92 Å². The van der Waals surface area contributed by atoms with E-state index in [1.165, 1.54) is 0 Å². The number of aliphatic imine (C=N–C) groups is 1. The third-order valence-corrected chi connectivity index (χ3v) is 4.14. The van der Waals surface area contributed by atoms with E-state index in [1.807, 2.05) is 17.6 Å². The lowest BCUT2D eigenvalue weighted by atomic mass is 10.4. The van der Waals surface area contributed by atoms with Crippen molar-refractivity contribution in [1.82, 2.24) is 30.1 Å². The van der Waals surface area contributed by atoms with Gasteiger partial charge in [-0.05, 0) is 12.1 Å². The zero-order valence-electron chi connectivity index (χ0n) is 15.4. The molecule has 2 rings (SSSR count). The maximum absolute atomic E-state index is 11.1. The molecule has 3 N–H and O–H groups in total. The number of furan rings is 1. The number of nitrogens with zero attached hydrogens (tertiary/aromatic N) is 4. The Hall–Kier alpha value is -1.67. The Morgan fingerprint density at radius 2 is 2.07 bits per heavy atom. The van der Waals surface area contributed by atoms with E-state index in [4.69, 9.17) is 4.42 Å². The van der Waals surface area contributed by atoms with Crippen molar-refractivity contribution in [3.05, 3.63) is 36.3 Å². The van der Waals surface area contributed by atoms with E-state index in [9.17, 15) is 8.42 Å². The van der Waals surface area contributed by atoms with E-state index in [-0.39, 0.29) is 30.5 Å². The van der Waals surface area contributed by atoms with Gasteiger partial charge in [0.2, 0.25) is 10.0 Å². The van der Waals surface area contributed by atoms with E-state index in [0.29, 0.717) is 32.1 Å². The van der Waals surface area contributed by atoms with E-state index in [2.05, 4.69) is 30.5 Å². The van der Waals surface area contributed by atoms with Gasteiger partial charge in [0.25, 0.3) is 0 Å². The second kappa shape index (κ2) is 11.9. The minimum Gasteiger partial charge on any atom is -0.467 e. The monoisotopic (exact) mass is 511 g/mol. The standard InChI is InChI=1S/C15H25N7O3S.HI/c1-3-14-21-19-12-22(14)9-8-17-15(16-6-7-20-26(2,23)24)18-11-13-5-4-10-25-13;/h4-5,10,12,20H,3,6-9,11H2,1-2H3,(H2,16,17,18);1H. The smallest absolute Gasteiger partial charge is 0.208 e. The first-order valence-corrected chi connectivity index (χ1v) is 10.2. The number of halogens is 1. The number of hydrogen-bond acceptors (Lipinski definition) is 6. The van der Waals surface area contributed by atoms with E-state index in [0.717, 1.165) is 24.3 Å². The minimum absolute atomic E-state index is 0. The molecule has 0 fully saturated rings. The summed E-state index contributed by atoms with van der Waals surface area (Å²) < 4.78 is 31.9. The molecule has 152 valence electrons. The number of rotatable bonds is 10. The number of aryl methyl sites for hydroxylation is 1. The first kappa shape index (κ1) is 23.4. The highest BCUT2D eigenvalue weighted by molar-refractivity contribution is 14.0. The lowest BCUT2D eigenvalue weighted by Crippen LogP contribution is -2.42. The van der Waals surface area contributed by atoms with Crippen LogP contribution in [0.1, 0.15) is 18.5 Å². The Morgan fingerprint density at radius 1 is 1.30 bits per heavy atom. The van der Waals surface area contributed by atoms with Crippen LogP contribution in [0.4, 0.5) is 0 Å². The van der Waals surface area contributed by atoms with Crippen molar-refractivity contribution in [3.63, 3.8) is 0 Å². The van der Waals surface area contributed by atoms with Crippen molar-refractivity contribution in [3.8, 4) is 0 Å². The fourth-order valence-electron chi connectivity index (χ4n) is 2.19. The first-order valence-electron chi connectivity index (χ1n) is 8.34. The number of guanidine groups is 1. The fraction of sp³-hybridized carbons (Fsp3) is 0.533. The Bertz CT molecular complexity index is 790. The van der Waals surface area contributed by atoms with Crippen molar-refractivity contribution < 1.29 is 12.8 Å². The third kappa shape index (κ3) is 9.19. The highest BCUT2D eigenvalue weighted by atomic mass is 127. The van der Waals surface area contributed by atoms with Crippen LogP contribution in [0.3, 0.4) is 0 Å². The van der Waals surface area contributed by atoms with Gasteiger partial charge in [-0.15, -0.1) is 34.2 Å². The zero-order valence-corrected chi connectivity index (χ0v) is 18.5. The number of hydrogen-bond donors (Lipinski definition) is 3. The molecule has 2 aromatic heterocycles. The van der Waals surface area contributed by atoms with Crippen molar-refractivity contribution in [2.24, 2.45) is 4.99 Å². The van der Waals surface area contributed by atoms with Crippen molar-refractivity contribution in [1.29, 1.82) is 0 Å². The molecule has 0 saturated carbocycles. The lowest BCUT2D eigenvalue weighted by Gasteiger charge is -2.13. The maximum Gasteiger partial charge on any atom is 0.208 e. The van der Waals surface area contributed by atoms with E-state index in [1.54, 1.807) is 18.7 Å². The molecule has 0 amide bonds. The Kier molecular flexibility index (Phi) is 10.3. The quantitative estimate of drug-likeness (QED) is 0.182. The third-order valence-electron chi connectivity index (χ3n) is 3.41. The largest absolute Gasteiger partial charge is 0.467 e. The summed E-state index contributed by atoms with van der Waals surface area (Å²) in [5, 5.41) is 14.3. The highest BCUT2D eigenvalue weighted by Gasteiger charge is 2.04. The minimum atomic E-state index is -3.21. The van der Waals surface area contributed by atoms with Gasteiger partial charge < -0.3 is 19.6 Å². The van der Waals surface area contributed by atoms with Crippen LogP contribution in [0.15, 0.2) is 34.1 Å². The predicted molar refractivity (Wildman–Crippen MR) is 114 cm³/mol. The summed E-state index contributed by atoms with van der Waals surface area (Å²) in [6.45, 7) is 4.40. The molecule has 0 aliphatic rings. The molecule has 10 nitrogen and oxygen atoms in total. The molecule has 12 heteroatoms. The summed E-state index contributed by atoms with van der Waals surface area (Å²) >= 11 is 0. The molecule has 2 heterocycles. The molecular formula is C15H26IN7O3S. The summed E-state index contributed by atoms with van der Waals surface area (Å²) in [6.07, 6.45) is 5.24. The van der Waals surface area contributed by atoms with E-state index < -0.39 is 10.0 Å². The zero-order chi connectivity index (χ0) is 18.8. The Morgan fingerprint density at radius 3 is 2.74 bits per heavy atom. The molecule has 0 aliphatic heterocycles. The van der Waals surface area contributed by atoms with Crippen LogP contribution >= 0.6 is 24.0 Å². The number of aromatic nitrogens is 3. The molecule has 0 atom stereocenters. The normalized spacial score (nSPS) is 11.9. The molecule has 0 unspecified atom stereocenters. The van der Waals surface area contributed by atoms with Gasteiger partial charge in [0.1, 0.15) is 24.5 Å². The Labute approximate surface area is 176 Å². The summed E-state index contributed by atoms with van der Waals surface area (Å²) in [5.74, 6) is 2.24. The van der Waals surface area contributed by atoms with Crippen LogP contribution in [-0.4, -0.2) is 55.0 Å². The van der Waals surface area contributed by atoms with Crippen LogP contribution in [0.2, 0.25) is 0 Å². The predicted octanol–water partition coefficient (Wildman–Crippen LogP) is 0.336. The maximum atomic E-state index is 11.1. The highest BCUT2D eigenvalue weighted by Crippen LogP contribution is 2.01. The number of sulfonamides is 1. The van der Waals surface area contributed by atoms with Crippen LogP contribution < -0.4 is 15.4 Å². The molecule has 2 aromatic rings. The molecule has 0 aliphatic carbocycles.